The average molecular weight is 313 g/mol. The van der Waals surface area contributed by atoms with Crippen molar-refractivity contribution in [1.29, 1.82) is 0 Å². The number of benzene rings is 1. The number of halogens is 3. The maximum absolute atomic E-state index is 12.7. The van der Waals surface area contributed by atoms with Crippen molar-refractivity contribution in [3.05, 3.63) is 46.8 Å². The molecule has 0 atom stereocenters. The molecular weight excluding hydrogens is 299 g/mol. The van der Waals surface area contributed by atoms with Gasteiger partial charge in [-0.05, 0) is 24.1 Å². The molecule has 118 valence electrons. The summed E-state index contributed by atoms with van der Waals surface area (Å²) in [6.45, 7) is 1.91. The summed E-state index contributed by atoms with van der Waals surface area (Å²) in [5.74, 6) is -1.20. The van der Waals surface area contributed by atoms with Gasteiger partial charge in [0.2, 0.25) is 0 Å². The van der Waals surface area contributed by atoms with Crippen molar-refractivity contribution in [2.45, 2.75) is 32.5 Å². The molecule has 0 unspecified atom stereocenters. The minimum atomic E-state index is -4.42. The number of aromatic nitrogens is 3. The molecule has 0 spiro atoms. The third-order valence-corrected chi connectivity index (χ3v) is 3.11. The number of nitrogens with zero attached hydrogens (tertiary/aromatic N) is 3. The molecule has 2 aromatic rings. The van der Waals surface area contributed by atoms with Crippen molar-refractivity contribution in [3.63, 3.8) is 0 Å². The molecule has 1 aromatic carbocycles. The Hall–Kier alpha value is -2.38. The summed E-state index contributed by atoms with van der Waals surface area (Å²) in [7, 11) is 0. The van der Waals surface area contributed by atoms with Crippen LogP contribution in [0, 0.1) is 0 Å². The fraction of sp³-hybridized carbons (Fsp3) is 0.357. The number of rotatable bonds is 5. The molecule has 2 rings (SSSR count). The van der Waals surface area contributed by atoms with Gasteiger partial charge in [0, 0.05) is 0 Å². The second-order valence-corrected chi connectivity index (χ2v) is 4.80. The van der Waals surface area contributed by atoms with Crippen molar-refractivity contribution < 1.29 is 23.1 Å². The normalized spacial score (nSPS) is 11.6. The van der Waals surface area contributed by atoms with Crippen LogP contribution >= 0.6 is 0 Å². The monoisotopic (exact) mass is 313 g/mol. The highest BCUT2D eigenvalue weighted by atomic mass is 19.4. The quantitative estimate of drug-likeness (QED) is 0.921. The van der Waals surface area contributed by atoms with Crippen LogP contribution in [0.25, 0.3) is 0 Å². The largest absolute Gasteiger partial charge is 0.476 e. The second-order valence-electron chi connectivity index (χ2n) is 4.80. The topological polar surface area (TPSA) is 68.0 Å². The Morgan fingerprint density at radius 1 is 1.36 bits per heavy atom. The first-order valence-electron chi connectivity index (χ1n) is 6.64. The molecule has 0 aliphatic rings. The van der Waals surface area contributed by atoms with E-state index in [1.165, 1.54) is 16.8 Å². The molecule has 8 heteroatoms. The Balaban J connectivity index is 2.33. The fourth-order valence-electron chi connectivity index (χ4n) is 2.13. The third kappa shape index (κ3) is 3.44. The standard InChI is InChI=1S/C14H14F3N3O2/c1-2-4-11-12(13(21)22)18-19-20(11)8-9-5-3-6-10(7-9)14(15,16)17/h3,5-7H,2,4,8H2,1H3,(H,21,22). The van der Waals surface area contributed by atoms with Gasteiger partial charge in [-0.25, -0.2) is 9.48 Å². The highest BCUT2D eigenvalue weighted by Gasteiger charge is 2.30. The van der Waals surface area contributed by atoms with Crippen molar-refractivity contribution in [3.8, 4) is 0 Å². The van der Waals surface area contributed by atoms with Gasteiger partial charge < -0.3 is 5.11 Å². The van der Waals surface area contributed by atoms with E-state index in [0.29, 0.717) is 24.1 Å². The predicted octanol–water partition coefficient (Wildman–Crippen LogP) is 3.00. The van der Waals surface area contributed by atoms with Gasteiger partial charge in [-0.3, -0.25) is 0 Å². The molecular formula is C14H14F3N3O2. The van der Waals surface area contributed by atoms with Crippen LogP contribution in [-0.2, 0) is 19.1 Å². The summed E-state index contributed by atoms with van der Waals surface area (Å²) in [6, 6.07) is 4.86. The lowest BCUT2D eigenvalue weighted by molar-refractivity contribution is -0.137. The average Bonchev–Trinajstić information content (AvgIpc) is 2.82. The Morgan fingerprint density at radius 3 is 2.68 bits per heavy atom. The predicted molar refractivity (Wildman–Crippen MR) is 71.5 cm³/mol. The highest BCUT2D eigenvalue weighted by Crippen LogP contribution is 2.29. The van der Waals surface area contributed by atoms with Crippen LogP contribution in [0.5, 0.6) is 0 Å². The minimum absolute atomic E-state index is 0.0412. The van der Waals surface area contributed by atoms with Gasteiger partial charge >= 0.3 is 12.1 Å². The van der Waals surface area contributed by atoms with Gasteiger partial charge in [-0.15, -0.1) is 5.10 Å². The smallest absolute Gasteiger partial charge is 0.416 e. The second kappa shape index (κ2) is 6.17. The zero-order valence-electron chi connectivity index (χ0n) is 11.8. The van der Waals surface area contributed by atoms with Crippen LogP contribution in [0.3, 0.4) is 0 Å². The lowest BCUT2D eigenvalue weighted by Gasteiger charge is -2.10. The number of hydrogen-bond acceptors (Lipinski definition) is 3. The van der Waals surface area contributed by atoms with Crippen LogP contribution < -0.4 is 0 Å². The van der Waals surface area contributed by atoms with Gasteiger partial charge in [0.25, 0.3) is 0 Å². The molecule has 0 fully saturated rings. The number of aromatic carboxylic acids is 1. The molecule has 1 aromatic heterocycles. The van der Waals surface area contributed by atoms with Crippen LogP contribution in [-0.4, -0.2) is 26.1 Å². The highest BCUT2D eigenvalue weighted by molar-refractivity contribution is 5.86. The van der Waals surface area contributed by atoms with Crippen LogP contribution in [0.1, 0.15) is 40.7 Å². The van der Waals surface area contributed by atoms with E-state index in [4.69, 9.17) is 5.11 Å². The summed E-state index contributed by atoms with van der Waals surface area (Å²) >= 11 is 0. The molecule has 0 aliphatic heterocycles. The number of hydrogen-bond donors (Lipinski definition) is 1. The SMILES string of the molecule is CCCc1c(C(=O)O)nnn1Cc1cccc(C(F)(F)F)c1. The summed E-state index contributed by atoms with van der Waals surface area (Å²) in [4.78, 5) is 11.1. The molecule has 22 heavy (non-hydrogen) atoms. The molecule has 0 bridgehead atoms. The Bertz CT molecular complexity index is 680. The first-order valence-corrected chi connectivity index (χ1v) is 6.64. The molecule has 0 radical (unpaired) electrons. The van der Waals surface area contributed by atoms with Gasteiger partial charge in [-0.2, -0.15) is 13.2 Å². The van der Waals surface area contributed by atoms with E-state index in [1.807, 2.05) is 6.92 Å². The Labute approximate surface area is 124 Å². The lowest BCUT2D eigenvalue weighted by Crippen LogP contribution is -2.11. The van der Waals surface area contributed by atoms with Gasteiger partial charge in [0.15, 0.2) is 5.69 Å². The maximum Gasteiger partial charge on any atom is 0.416 e. The molecule has 1 N–H and O–H groups in total. The number of carbonyl (C=O) groups is 1. The molecule has 0 saturated carbocycles. The Morgan fingerprint density at radius 2 is 2.09 bits per heavy atom. The van der Waals surface area contributed by atoms with Crippen molar-refractivity contribution in [2.24, 2.45) is 0 Å². The molecule has 0 amide bonds. The zero-order chi connectivity index (χ0) is 16.3. The first-order chi connectivity index (χ1) is 10.3. The summed E-state index contributed by atoms with van der Waals surface area (Å²) in [5.41, 5.74) is -0.115. The van der Waals surface area contributed by atoms with Crippen molar-refractivity contribution in [1.82, 2.24) is 15.0 Å². The van der Waals surface area contributed by atoms with Gasteiger partial charge in [0.05, 0.1) is 17.8 Å². The summed E-state index contributed by atoms with van der Waals surface area (Å²) in [6.07, 6.45) is -3.30. The lowest BCUT2D eigenvalue weighted by atomic mass is 10.1. The van der Waals surface area contributed by atoms with Crippen LogP contribution in [0.4, 0.5) is 13.2 Å². The molecule has 0 aliphatic carbocycles. The fourth-order valence-corrected chi connectivity index (χ4v) is 2.13. The minimum Gasteiger partial charge on any atom is -0.476 e. The van der Waals surface area contributed by atoms with E-state index >= 15 is 0 Å². The summed E-state index contributed by atoms with van der Waals surface area (Å²) < 4.78 is 39.4. The zero-order valence-corrected chi connectivity index (χ0v) is 11.8. The maximum atomic E-state index is 12.7. The third-order valence-electron chi connectivity index (χ3n) is 3.11. The van der Waals surface area contributed by atoms with Gasteiger partial charge in [0.1, 0.15) is 0 Å². The number of alkyl halides is 3. The van der Waals surface area contributed by atoms with E-state index in [2.05, 4.69) is 10.3 Å². The van der Waals surface area contributed by atoms with Gasteiger partial charge in [-0.1, -0.05) is 30.7 Å². The summed E-state index contributed by atoms with van der Waals surface area (Å²) in [5, 5.41) is 16.4. The number of carboxylic acid groups (broad SMARTS) is 1. The van der Waals surface area contributed by atoms with E-state index in [0.717, 1.165) is 12.1 Å². The van der Waals surface area contributed by atoms with E-state index in [-0.39, 0.29) is 12.2 Å². The van der Waals surface area contributed by atoms with Crippen LogP contribution in [0.15, 0.2) is 24.3 Å². The Kier molecular flexibility index (Phi) is 4.48. The molecule has 5 nitrogen and oxygen atoms in total. The van der Waals surface area contributed by atoms with E-state index < -0.39 is 17.7 Å². The van der Waals surface area contributed by atoms with E-state index in [1.54, 1.807) is 0 Å². The van der Waals surface area contributed by atoms with Crippen molar-refractivity contribution >= 4 is 5.97 Å². The molecule has 1 heterocycles. The van der Waals surface area contributed by atoms with E-state index in [9.17, 15) is 18.0 Å². The first kappa shape index (κ1) is 16.0. The molecule has 0 saturated heterocycles. The van der Waals surface area contributed by atoms with Crippen LogP contribution in [0.2, 0.25) is 0 Å². The number of carboxylic acids is 1. The van der Waals surface area contributed by atoms with Crippen molar-refractivity contribution in [2.75, 3.05) is 0 Å².